The van der Waals surface area contributed by atoms with Gasteiger partial charge < -0.3 is 15.2 Å². The van der Waals surface area contributed by atoms with Gasteiger partial charge in [0.2, 0.25) is 0 Å². The first kappa shape index (κ1) is 10.9. The van der Waals surface area contributed by atoms with E-state index in [-0.39, 0.29) is 11.9 Å². The highest BCUT2D eigenvalue weighted by Crippen LogP contribution is 2.62. The molecule has 1 saturated carbocycles. The van der Waals surface area contributed by atoms with Crippen LogP contribution < -0.4 is 5.32 Å². The van der Waals surface area contributed by atoms with Crippen molar-refractivity contribution in [3.63, 3.8) is 0 Å². The predicted octanol–water partition coefficient (Wildman–Crippen LogP) is 0.300. The maximum atomic E-state index is 11.8. The van der Waals surface area contributed by atoms with E-state index in [0.717, 1.165) is 19.5 Å². The van der Waals surface area contributed by atoms with E-state index >= 15 is 0 Å². The van der Waals surface area contributed by atoms with Crippen LogP contribution in [0, 0.1) is 11.3 Å². The molecule has 15 heavy (non-hydrogen) atoms. The smallest absolute Gasteiger partial charge is 0.315 e. The van der Waals surface area contributed by atoms with Gasteiger partial charge in [-0.2, -0.15) is 0 Å². The van der Waals surface area contributed by atoms with Crippen molar-refractivity contribution < 1.29 is 14.6 Å². The number of hydrogen-bond donors (Lipinski definition) is 2. The highest BCUT2D eigenvalue weighted by molar-refractivity contribution is 5.82. The van der Waals surface area contributed by atoms with Gasteiger partial charge in [0.05, 0.1) is 18.1 Å². The molecule has 0 aromatic rings. The van der Waals surface area contributed by atoms with Gasteiger partial charge >= 0.3 is 5.97 Å². The molecule has 0 radical (unpaired) electrons. The predicted molar refractivity (Wildman–Crippen MR) is 55.3 cm³/mol. The molecule has 0 spiro atoms. The molecule has 1 saturated heterocycles. The Kier molecular flexibility index (Phi) is 2.51. The van der Waals surface area contributed by atoms with Crippen molar-refractivity contribution in [1.82, 2.24) is 5.32 Å². The number of rotatable bonds is 2. The molecule has 1 heterocycles. The Morgan fingerprint density at radius 1 is 1.47 bits per heavy atom. The molecule has 0 bridgehead atoms. The Morgan fingerprint density at radius 3 is 2.40 bits per heavy atom. The zero-order valence-corrected chi connectivity index (χ0v) is 9.38. The van der Waals surface area contributed by atoms with Gasteiger partial charge in [-0.3, -0.25) is 4.79 Å². The van der Waals surface area contributed by atoms with E-state index in [1.165, 1.54) is 7.11 Å². The second-order valence-electron chi connectivity index (χ2n) is 4.85. The second-order valence-corrected chi connectivity index (χ2v) is 4.85. The fourth-order valence-corrected chi connectivity index (χ4v) is 3.02. The maximum Gasteiger partial charge on any atom is 0.315 e. The molecule has 2 N–H and O–H groups in total. The zero-order valence-electron chi connectivity index (χ0n) is 9.38. The van der Waals surface area contributed by atoms with Crippen molar-refractivity contribution in [2.45, 2.75) is 31.8 Å². The summed E-state index contributed by atoms with van der Waals surface area (Å²) >= 11 is 0. The number of carbonyl (C=O) groups is 1. The van der Waals surface area contributed by atoms with Crippen molar-refractivity contribution in [2.24, 2.45) is 11.3 Å². The van der Waals surface area contributed by atoms with Crippen LogP contribution in [0.2, 0.25) is 0 Å². The lowest BCUT2D eigenvalue weighted by molar-refractivity contribution is -0.163. The molecule has 4 heteroatoms. The summed E-state index contributed by atoms with van der Waals surface area (Å²) in [6.07, 6.45) is 2.05. The van der Waals surface area contributed by atoms with E-state index in [4.69, 9.17) is 4.74 Å². The Bertz CT molecular complexity index is 273. The summed E-state index contributed by atoms with van der Waals surface area (Å²) in [5, 5.41) is 13.8. The fourth-order valence-electron chi connectivity index (χ4n) is 3.02. The minimum atomic E-state index is -0.856. The van der Waals surface area contributed by atoms with Crippen LogP contribution in [0.4, 0.5) is 0 Å². The molecule has 2 atom stereocenters. The van der Waals surface area contributed by atoms with Crippen molar-refractivity contribution in [2.75, 3.05) is 20.2 Å². The van der Waals surface area contributed by atoms with Crippen molar-refractivity contribution in [3.8, 4) is 0 Å². The van der Waals surface area contributed by atoms with E-state index in [9.17, 15) is 9.90 Å². The number of carbonyl (C=O) groups excluding carboxylic acids is 1. The van der Waals surface area contributed by atoms with Gasteiger partial charge in [0, 0.05) is 0 Å². The topological polar surface area (TPSA) is 58.6 Å². The first-order valence-electron chi connectivity index (χ1n) is 5.58. The van der Waals surface area contributed by atoms with Crippen molar-refractivity contribution in [1.29, 1.82) is 0 Å². The average molecular weight is 213 g/mol. The van der Waals surface area contributed by atoms with Crippen LogP contribution in [0.5, 0.6) is 0 Å². The van der Waals surface area contributed by atoms with E-state index in [2.05, 4.69) is 5.32 Å². The number of nitrogens with one attached hydrogen (secondary N) is 1. The van der Waals surface area contributed by atoms with Gasteiger partial charge in [0.15, 0.2) is 0 Å². The Morgan fingerprint density at radius 2 is 2.00 bits per heavy atom. The SMILES string of the molecule is COC(=O)C1(C2(O)CCNCC2)CC1C. The molecule has 2 aliphatic rings. The first-order valence-corrected chi connectivity index (χ1v) is 5.58. The summed E-state index contributed by atoms with van der Waals surface area (Å²) in [6.45, 7) is 3.57. The molecule has 1 aliphatic heterocycles. The van der Waals surface area contributed by atoms with Crippen molar-refractivity contribution in [3.05, 3.63) is 0 Å². The lowest BCUT2D eigenvalue weighted by Crippen LogP contribution is -2.52. The molecule has 0 aromatic carbocycles. The lowest BCUT2D eigenvalue weighted by Gasteiger charge is -2.39. The van der Waals surface area contributed by atoms with Gasteiger partial charge in [0.1, 0.15) is 0 Å². The number of hydrogen-bond acceptors (Lipinski definition) is 4. The molecule has 1 aliphatic carbocycles. The third-order valence-electron chi connectivity index (χ3n) is 4.12. The molecule has 2 fully saturated rings. The number of aliphatic hydroxyl groups is 1. The number of esters is 1. The average Bonchev–Trinajstić information content (AvgIpc) is 2.92. The quantitative estimate of drug-likeness (QED) is 0.648. The molecule has 0 aromatic heterocycles. The van der Waals surface area contributed by atoms with E-state index < -0.39 is 11.0 Å². The van der Waals surface area contributed by atoms with Crippen LogP contribution in [0.25, 0.3) is 0 Å². The van der Waals surface area contributed by atoms with E-state index in [1.807, 2.05) is 6.92 Å². The molecular weight excluding hydrogens is 194 g/mol. The maximum absolute atomic E-state index is 11.8. The number of ether oxygens (including phenoxy) is 1. The first-order chi connectivity index (χ1) is 7.07. The largest absolute Gasteiger partial charge is 0.468 e. The van der Waals surface area contributed by atoms with Gasteiger partial charge in [0.25, 0.3) is 0 Å². The van der Waals surface area contributed by atoms with Crippen LogP contribution in [0.15, 0.2) is 0 Å². The summed E-state index contributed by atoms with van der Waals surface area (Å²) in [7, 11) is 1.40. The van der Waals surface area contributed by atoms with Gasteiger partial charge in [-0.25, -0.2) is 0 Å². The zero-order chi connectivity index (χ0) is 11.1. The third-order valence-corrected chi connectivity index (χ3v) is 4.12. The highest BCUT2D eigenvalue weighted by atomic mass is 16.5. The van der Waals surface area contributed by atoms with Crippen LogP contribution in [-0.2, 0) is 9.53 Å². The second kappa shape index (κ2) is 3.46. The minimum absolute atomic E-state index is 0.237. The van der Waals surface area contributed by atoms with Crippen LogP contribution >= 0.6 is 0 Å². The molecule has 4 nitrogen and oxygen atoms in total. The molecule has 2 rings (SSSR count). The summed E-state index contributed by atoms with van der Waals surface area (Å²) in [5.74, 6) is 0.00690. The standard InChI is InChI=1S/C11H19NO3/c1-8-7-11(8,9(13)15-2)10(14)3-5-12-6-4-10/h8,12,14H,3-7H2,1-2H3. The number of methoxy groups -OCH3 is 1. The molecular formula is C11H19NO3. The number of piperidine rings is 1. The summed E-state index contributed by atoms with van der Waals surface area (Å²) < 4.78 is 4.85. The fraction of sp³-hybridized carbons (Fsp3) is 0.909. The van der Waals surface area contributed by atoms with Crippen LogP contribution in [-0.4, -0.2) is 36.9 Å². The van der Waals surface area contributed by atoms with E-state index in [1.54, 1.807) is 0 Å². The summed E-state index contributed by atoms with van der Waals surface area (Å²) in [4.78, 5) is 11.8. The molecule has 86 valence electrons. The minimum Gasteiger partial charge on any atom is -0.468 e. The monoisotopic (exact) mass is 213 g/mol. The van der Waals surface area contributed by atoms with Crippen LogP contribution in [0.3, 0.4) is 0 Å². The molecule has 0 amide bonds. The third kappa shape index (κ3) is 1.39. The highest BCUT2D eigenvalue weighted by Gasteiger charge is 2.69. The van der Waals surface area contributed by atoms with Gasteiger partial charge in [-0.05, 0) is 38.3 Å². The summed E-state index contributed by atoms with van der Waals surface area (Å²) in [5.41, 5.74) is -1.48. The van der Waals surface area contributed by atoms with E-state index in [0.29, 0.717) is 12.8 Å². The molecule has 2 unspecified atom stereocenters. The normalized spacial score (nSPS) is 38.5. The van der Waals surface area contributed by atoms with Gasteiger partial charge in [-0.15, -0.1) is 0 Å². The lowest BCUT2D eigenvalue weighted by atomic mass is 9.76. The van der Waals surface area contributed by atoms with Crippen LogP contribution in [0.1, 0.15) is 26.2 Å². The Balaban J connectivity index is 2.22. The Labute approximate surface area is 90.0 Å². The van der Waals surface area contributed by atoms with Crippen molar-refractivity contribution >= 4 is 5.97 Å². The van der Waals surface area contributed by atoms with Gasteiger partial charge in [-0.1, -0.05) is 6.92 Å². The Hall–Kier alpha value is -0.610. The summed E-state index contributed by atoms with van der Waals surface area (Å²) in [6, 6.07) is 0.